The summed E-state index contributed by atoms with van der Waals surface area (Å²) < 4.78 is 5.50. The molecule has 0 aliphatic carbocycles. The molecular formula is C13H19N5OS. The van der Waals surface area contributed by atoms with Crippen molar-refractivity contribution in [1.82, 2.24) is 9.97 Å². The Morgan fingerprint density at radius 3 is 3.15 bits per heavy atom. The summed E-state index contributed by atoms with van der Waals surface area (Å²) in [5, 5.41) is 4.48. The van der Waals surface area contributed by atoms with Crippen molar-refractivity contribution in [2.75, 3.05) is 30.5 Å². The van der Waals surface area contributed by atoms with Crippen molar-refractivity contribution < 1.29 is 4.74 Å². The maximum Gasteiger partial charge on any atom is 0.240 e. The standard InChI is InChI=1S/C13H19N5OS/c1-8-5-10-11(15-6-9-3-2-4-19-7-9)16-13(18-14)17-12(10)20-8/h5,9H,2-4,6-7,14H2,1H3,(H2,15,16,17,18). The number of rotatable bonds is 4. The van der Waals surface area contributed by atoms with E-state index in [1.165, 1.54) is 11.3 Å². The number of anilines is 2. The van der Waals surface area contributed by atoms with E-state index in [0.29, 0.717) is 11.9 Å². The van der Waals surface area contributed by atoms with Gasteiger partial charge < -0.3 is 10.1 Å². The Morgan fingerprint density at radius 2 is 2.40 bits per heavy atom. The molecule has 3 rings (SSSR count). The molecule has 3 heterocycles. The molecule has 0 amide bonds. The highest BCUT2D eigenvalue weighted by molar-refractivity contribution is 7.18. The van der Waals surface area contributed by atoms with Crippen molar-refractivity contribution in [2.24, 2.45) is 11.8 Å². The van der Waals surface area contributed by atoms with E-state index in [4.69, 9.17) is 10.6 Å². The van der Waals surface area contributed by atoms with E-state index in [1.54, 1.807) is 11.3 Å². The number of nitrogens with two attached hydrogens (primary N) is 1. The number of ether oxygens (including phenoxy) is 1. The molecule has 7 heteroatoms. The highest BCUT2D eigenvalue weighted by Crippen LogP contribution is 2.29. The van der Waals surface area contributed by atoms with Crippen molar-refractivity contribution in [1.29, 1.82) is 0 Å². The van der Waals surface area contributed by atoms with E-state index in [-0.39, 0.29) is 0 Å². The number of nitrogen functional groups attached to an aromatic ring is 1. The van der Waals surface area contributed by atoms with Gasteiger partial charge in [-0.15, -0.1) is 11.3 Å². The van der Waals surface area contributed by atoms with Crippen LogP contribution < -0.4 is 16.6 Å². The number of hydrogen-bond acceptors (Lipinski definition) is 7. The second-order valence-corrected chi connectivity index (χ2v) is 6.31. The molecule has 0 spiro atoms. The number of aryl methyl sites for hydroxylation is 1. The molecule has 1 unspecified atom stereocenters. The molecule has 6 nitrogen and oxygen atoms in total. The first-order chi connectivity index (χ1) is 9.76. The fourth-order valence-corrected chi connectivity index (χ4v) is 3.33. The highest BCUT2D eigenvalue weighted by Gasteiger charge is 2.15. The number of hydrazine groups is 1. The Hall–Kier alpha value is -1.44. The molecule has 1 fully saturated rings. The molecule has 2 aromatic heterocycles. The lowest BCUT2D eigenvalue weighted by Gasteiger charge is -2.22. The van der Waals surface area contributed by atoms with E-state index >= 15 is 0 Å². The summed E-state index contributed by atoms with van der Waals surface area (Å²) in [6.07, 6.45) is 2.34. The third-order valence-corrected chi connectivity index (χ3v) is 4.40. The zero-order valence-corrected chi connectivity index (χ0v) is 12.3. The van der Waals surface area contributed by atoms with E-state index in [0.717, 1.165) is 42.2 Å². The molecule has 1 atom stereocenters. The van der Waals surface area contributed by atoms with Crippen LogP contribution >= 0.6 is 11.3 Å². The Bertz CT molecular complexity index is 594. The fourth-order valence-electron chi connectivity index (χ4n) is 2.45. The fraction of sp³-hybridized carbons (Fsp3) is 0.538. The third-order valence-electron chi connectivity index (χ3n) is 3.46. The maximum atomic E-state index is 5.50. The molecule has 4 N–H and O–H groups in total. The summed E-state index contributed by atoms with van der Waals surface area (Å²) in [6.45, 7) is 4.65. The van der Waals surface area contributed by atoms with Crippen LogP contribution in [0.3, 0.4) is 0 Å². The highest BCUT2D eigenvalue weighted by atomic mass is 32.1. The van der Waals surface area contributed by atoms with Gasteiger partial charge in [0.1, 0.15) is 10.6 Å². The Morgan fingerprint density at radius 1 is 1.50 bits per heavy atom. The van der Waals surface area contributed by atoms with Crippen LogP contribution in [0.5, 0.6) is 0 Å². The van der Waals surface area contributed by atoms with Crippen molar-refractivity contribution in [3.8, 4) is 0 Å². The van der Waals surface area contributed by atoms with Crippen molar-refractivity contribution >= 4 is 33.3 Å². The first-order valence-electron chi connectivity index (χ1n) is 6.82. The van der Waals surface area contributed by atoms with Crippen molar-refractivity contribution in [3.63, 3.8) is 0 Å². The number of fused-ring (bicyclic) bond motifs is 1. The minimum absolute atomic E-state index is 0.446. The molecule has 2 aromatic rings. The van der Waals surface area contributed by atoms with Gasteiger partial charge in [0.15, 0.2) is 0 Å². The maximum absolute atomic E-state index is 5.50. The number of nitrogens with zero attached hydrogens (tertiary/aromatic N) is 2. The van der Waals surface area contributed by atoms with Crippen LogP contribution in [-0.2, 0) is 4.74 Å². The Labute approximate surface area is 121 Å². The van der Waals surface area contributed by atoms with Gasteiger partial charge in [-0.2, -0.15) is 4.98 Å². The summed E-state index contributed by atoms with van der Waals surface area (Å²) in [4.78, 5) is 11.0. The van der Waals surface area contributed by atoms with Crippen molar-refractivity contribution in [3.05, 3.63) is 10.9 Å². The van der Waals surface area contributed by atoms with Crippen LogP contribution in [0.2, 0.25) is 0 Å². The quantitative estimate of drug-likeness (QED) is 0.591. The van der Waals surface area contributed by atoms with E-state index in [2.05, 4.69) is 33.7 Å². The molecule has 0 radical (unpaired) electrons. The molecule has 1 saturated heterocycles. The summed E-state index contributed by atoms with van der Waals surface area (Å²) in [7, 11) is 0. The monoisotopic (exact) mass is 293 g/mol. The lowest BCUT2D eigenvalue weighted by Crippen LogP contribution is -2.24. The van der Waals surface area contributed by atoms with Crippen molar-refractivity contribution in [2.45, 2.75) is 19.8 Å². The second-order valence-electron chi connectivity index (χ2n) is 5.08. The molecule has 0 saturated carbocycles. The average molecular weight is 293 g/mol. The largest absolute Gasteiger partial charge is 0.381 e. The van der Waals surface area contributed by atoms with E-state index < -0.39 is 0 Å². The third kappa shape index (κ3) is 2.84. The van der Waals surface area contributed by atoms with Gasteiger partial charge in [0.05, 0.1) is 12.0 Å². The van der Waals surface area contributed by atoms with Crippen LogP contribution in [0.1, 0.15) is 17.7 Å². The topological polar surface area (TPSA) is 85.1 Å². The van der Waals surface area contributed by atoms with Crippen LogP contribution in [-0.4, -0.2) is 29.7 Å². The summed E-state index contributed by atoms with van der Waals surface area (Å²) >= 11 is 1.65. The second kappa shape index (κ2) is 5.90. The van der Waals surface area contributed by atoms with E-state index in [1.807, 2.05) is 0 Å². The molecule has 108 valence electrons. The van der Waals surface area contributed by atoms with Crippen LogP contribution in [0.4, 0.5) is 11.8 Å². The van der Waals surface area contributed by atoms with Gasteiger partial charge in [-0.1, -0.05) is 0 Å². The first kappa shape index (κ1) is 13.5. The van der Waals surface area contributed by atoms with E-state index in [9.17, 15) is 0 Å². The smallest absolute Gasteiger partial charge is 0.240 e. The number of aromatic nitrogens is 2. The van der Waals surface area contributed by atoms with Crippen LogP contribution in [0.25, 0.3) is 10.2 Å². The van der Waals surface area contributed by atoms with Crippen LogP contribution in [0, 0.1) is 12.8 Å². The number of nitrogens with one attached hydrogen (secondary N) is 2. The van der Waals surface area contributed by atoms with Gasteiger partial charge in [-0.3, -0.25) is 5.43 Å². The molecule has 0 aromatic carbocycles. The molecule has 1 aliphatic heterocycles. The first-order valence-corrected chi connectivity index (χ1v) is 7.64. The van der Waals surface area contributed by atoms with Gasteiger partial charge in [-0.25, -0.2) is 10.8 Å². The minimum Gasteiger partial charge on any atom is -0.381 e. The summed E-state index contributed by atoms with van der Waals surface area (Å²) in [6, 6.07) is 2.11. The zero-order chi connectivity index (χ0) is 13.9. The lowest BCUT2D eigenvalue weighted by atomic mass is 10.0. The van der Waals surface area contributed by atoms with Gasteiger partial charge in [0, 0.05) is 18.0 Å². The Kier molecular flexibility index (Phi) is 4.00. The zero-order valence-electron chi connectivity index (χ0n) is 11.5. The van der Waals surface area contributed by atoms with Gasteiger partial charge in [0.2, 0.25) is 5.95 Å². The average Bonchev–Trinajstić information content (AvgIpc) is 2.86. The number of thiophene rings is 1. The van der Waals surface area contributed by atoms with Gasteiger partial charge in [0.25, 0.3) is 0 Å². The predicted octanol–water partition coefficient (Wildman–Crippen LogP) is 2.12. The van der Waals surface area contributed by atoms with Gasteiger partial charge in [-0.05, 0) is 31.7 Å². The Balaban J connectivity index is 1.81. The number of hydrogen-bond donors (Lipinski definition) is 3. The summed E-state index contributed by atoms with van der Waals surface area (Å²) in [5.41, 5.74) is 2.53. The normalized spacial score (nSPS) is 19.2. The molecular weight excluding hydrogens is 274 g/mol. The summed E-state index contributed by atoms with van der Waals surface area (Å²) in [5.74, 6) is 7.27. The van der Waals surface area contributed by atoms with Gasteiger partial charge >= 0.3 is 0 Å². The molecule has 0 bridgehead atoms. The molecule has 1 aliphatic rings. The predicted molar refractivity (Wildman–Crippen MR) is 82.0 cm³/mol. The minimum atomic E-state index is 0.446. The van der Waals surface area contributed by atoms with Crippen LogP contribution in [0.15, 0.2) is 6.07 Å². The lowest BCUT2D eigenvalue weighted by molar-refractivity contribution is 0.0595. The SMILES string of the molecule is Cc1cc2c(NCC3CCCOC3)nc(NN)nc2s1. The molecule has 20 heavy (non-hydrogen) atoms.